The van der Waals surface area contributed by atoms with Gasteiger partial charge in [0.2, 0.25) is 5.91 Å². The summed E-state index contributed by atoms with van der Waals surface area (Å²) in [5.41, 5.74) is 6.40. The number of amides is 1. The first kappa shape index (κ1) is 12.8. The van der Waals surface area contributed by atoms with Crippen molar-refractivity contribution in [2.45, 2.75) is 6.92 Å². The first-order chi connectivity index (χ1) is 8.02. The average molecular weight is 234 g/mol. The fourth-order valence-corrected chi connectivity index (χ4v) is 1.36. The lowest BCUT2D eigenvalue weighted by atomic mass is 10.1. The molecule has 1 rings (SSSR count). The number of aromatic carboxylic acids is 1. The molecule has 1 aromatic carbocycles. The smallest absolute Gasteiger partial charge is 0.338 e. The predicted octanol–water partition coefficient (Wildman–Crippen LogP) is 1.12. The van der Waals surface area contributed by atoms with Crippen LogP contribution in [0.4, 0.5) is 5.69 Å². The molecule has 0 unspecified atom stereocenters. The molecule has 1 amide bonds. The molecule has 0 radical (unpaired) electrons. The molecule has 0 aromatic heterocycles. The minimum Gasteiger partial charge on any atom is -0.478 e. The van der Waals surface area contributed by atoms with Gasteiger partial charge in [-0.3, -0.25) is 4.79 Å². The number of rotatable bonds is 4. The molecule has 5 heteroatoms. The second kappa shape index (κ2) is 5.69. The van der Waals surface area contributed by atoms with E-state index in [4.69, 9.17) is 10.8 Å². The van der Waals surface area contributed by atoms with E-state index < -0.39 is 5.97 Å². The van der Waals surface area contributed by atoms with Gasteiger partial charge in [0.1, 0.15) is 0 Å². The number of anilines is 1. The van der Waals surface area contributed by atoms with Crippen LogP contribution in [0.1, 0.15) is 22.8 Å². The van der Waals surface area contributed by atoms with Crippen LogP contribution in [0, 0.1) is 0 Å². The minimum absolute atomic E-state index is 0.0755. The van der Waals surface area contributed by atoms with Gasteiger partial charge in [0.15, 0.2) is 0 Å². The largest absolute Gasteiger partial charge is 0.478 e. The van der Waals surface area contributed by atoms with Crippen molar-refractivity contribution in [3.8, 4) is 0 Å². The Bertz CT molecular complexity index is 467. The number of nitrogens with one attached hydrogen (secondary N) is 1. The third-order valence-corrected chi connectivity index (χ3v) is 2.11. The molecular formula is C12H14N2O3. The Balaban J connectivity index is 2.87. The summed E-state index contributed by atoms with van der Waals surface area (Å²) in [5, 5.41) is 11.6. The van der Waals surface area contributed by atoms with Crippen molar-refractivity contribution in [3.63, 3.8) is 0 Å². The van der Waals surface area contributed by atoms with Crippen LogP contribution in [0.25, 0.3) is 6.08 Å². The van der Waals surface area contributed by atoms with Crippen LogP contribution < -0.4 is 11.1 Å². The minimum atomic E-state index is -1.07. The van der Waals surface area contributed by atoms with Crippen LogP contribution in [-0.2, 0) is 4.79 Å². The molecule has 0 fully saturated rings. The Morgan fingerprint density at radius 1 is 1.47 bits per heavy atom. The van der Waals surface area contributed by atoms with Crippen molar-refractivity contribution >= 4 is 23.6 Å². The lowest BCUT2D eigenvalue weighted by Crippen LogP contribution is -2.19. The van der Waals surface area contributed by atoms with E-state index in [9.17, 15) is 9.59 Å². The van der Waals surface area contributed by atoms with E-state index in [0.717, 1.165) is 0 Å². The zero-order chi connectivity index (χ0) is 12.8. The molecule has 0 saturated carbocycles. The maximum Gasteiger partial charge on any atom is 0.338 e. The SMILES string of the molecule is CC(=O)NCC=Cc1cccc(N)c1C(=O)O. The molecular weight excluding hydrogens is 220 g/mol. The monoisotopic (exact) mass is 234 g/mol. The summed E-state index contributed by atoms with van der Waals surface area (Å²) in [4.78, 5) is 21.6. The quantitative estimate of drug-likeness (QED) is 0.680. The Labute approximate surface area is 98.9 Å². The maximum atomic E-state index is 11.0. The van der Waals surface area contributed by atoms with Crippen molar-refractivity contribution < 1.29 is 14.7 Å². The van der Waals surface area contributed by atoms with Crippen LogP contribution >= 0.6 is 0 Å². The maximum absolute atomic E-state index is 11.0. The molecule has 0 bridgehead atoms. The fourth-order valence-electron chi connectivity index (χ4n) is 1.36. The van der Waals surface area contributed by atoms with E-state index in [1.54, 1.807) is 24.3 Å². The second-order valence-corrected chi connectivity index (χ2v) is 3.46. The van der Waals surface area contributed by atoms with Crippen molar-refractivity contribution in [1.29, 1.82) is 0 Å². The summed E-state index contributed by atoms with van der Waals surface area (Å²) in [7, 11) is 0. The third-order valence-electron chi connectivity index (χ3n) is 2.11. The topological polar surface area (TPSA) is 92.4 Å². The number of carbonyl (C=O) groups is 2. The Hall–Kier alpha value is -2.30. The number of carbonyl (C=O) groups excluding carboxylic acids is 1. The molecule has 0 heterocycles. The molecule has 90 valence electrons. The molecule has 0 aliphatic carbocycles. The van der Waals surface area contributed by atoms with E-state index in [1.165, 1.54) is 13.0 Å². The van der Waals surface area contributed by atoms with Gasteiger partial charge in [-0.15, -0.1) is 0 Å². The molecule has 0 spiro atoms. The van der Waals surface area contributed by atoms with Gasteiger partial charge in [0.05, 0.1) is 5.56 Å². The number of carboxylic acid groups (broad SMARTS) is 1. The van der Waals surface area contributed by atoms with Crippen molar-refractivity contribution in [2.24, 2.45) is 0 Å². The van der Waals surface area contributed by atoms with Gasteiger partial charge < -0.3 is 16.2 Å². The molecule has 0 aliphatic heterocycles. The Kier molecular flexibility index (Phi) is 4.28. The summed E-state index contributed by atoms with van der Waals surface area (Å²) in [6, 6.07) is 4.87. The van der Waals surface area contributed by atoms with E-state index >= 15 is 0 Å². The highest BCUT2D eigenvalue weighted by atomic mass is 16.4. The Morgan fingerprint density at radius 3 is 2.76 bits per heavy atom. The highest BCUT2D eigenvalue weighted by Crippen LogP contribution is 2.18. The number of hydrogen-bond acceptors (Lipinski definition) is 3. The van der Waals surface area contributed by atoms with Gasteiger partial charge in [-0.2, -0.15) is 0 Å². The third kappa shape index (κ3) is 3.64. The number of nitrogens with two attached hydrogens (primary N) is 1. The number of benzene rings is 1. The lowest BCUT2D eigenvalue weighted by Gasteiger charge is -2.04. The van der Waals surface area contributed by atoms with Crippen molar-refractivity contribution in [2.75, 3.05) is 12.3 Å². The van der Waals surface area contributed by atoms with Crippen LogP contribution in [0.2, 0.25) is 0 Å². The second-order valence-electron chi connectivity index (χ2n) is 3.46. The summed E-state index contributed by atoms with van der Waals surface area (Å²) in [6.07, 6.45) is 3.29. The molecule has 17 heavy (non-hydrogen) atoms. The summed E-state index contributed by atoms with van der Waals surface area (Å²) < 4.78 is 0. The standard InChI is InChI=1S/C12H14N2O3/c1-8(15)14-7-3-5-9-4-2-6-10(13)11(9)12(16)17/h2-6H,7,13H2,1H3,(H,14,15)(H,16,17). The highest BCUT2D eigenvalue weighted by Gasteiger charge is 2.11. The number of carboxylic acids is 1. The van der Waals surface area contributed by atoms with Crippen LogP contribution in [-0.4, -0.2) is 23.5 Å². The molecule has 5 nitrogen and oxygen atoms in total. The summed E-state index contributed by atoms with van der Waals surface area (Å²) >= 11 is 0. The van der Waals surface area contributed by atoms with Crippen LogP contribution in [0.15, 0.2) is 24.3 Å². The predicted molar refractivity (Wildman–Crippen MR) is 65.5 cm³/mol. The normalized spacial score (nSPS) is 10.4. The summed E-state index contributed by atoms with van der Waals surface area (Å²) in [5.74, 6) is -1.21. The van der Waals surface area contributed by atoms with Gasteiger partial charge in [0.25, 0.3) is 0 Å². The molecule has 4 N–H and O–H groups in total. The van der Waals surface area contributed by atoms with Gasteiger partial charge in [-0.05, 0) is 11.6 Å². The molecule has 1 aromatic rings. The first-order valence-electron chi connectivity index (χ1n) is 5.05. The van der Waals surface area contributed by atoms with Crippen LogP contribution in [0.3, 0.4) is 0 Å². The molecule has 0 saturated heterocycles. The summed E-state index contributed by atoms with van der Waals surface area (Å²) in [6.45, 7) is 1.76. The zero-order valence-corrected chi connectivity index (χ0v) is 9.43. The first-order valence-corrected chi connectivity index (χ1v) is 5.05. The number of hydrogen-bond donors (Lipinski definition) is 3. The lowest BCUT2D eigenvalue weighted by molar-refractivity contribution is -0.118. The highest BCUT2D eigenvalue weighted by molar-refractivity contribution is 5.97. The van der Waals surface area contributed by atoms with E-state index in [2.05, 4.69) is 5.32 Å². The average Bonchev–Trinajstić information content (AvgIpc) is 2.23. The zero-order valence-electron chi connectivity index (χ0n) is 9.43. The van der Waals surface area contributed by atoms with Crippen LogP contribution in [0.5, 0.6) is 0 Å². The van der Waals surface area contributed by atoms with Crippen molar-refractivity contribution in [3.05, 3.63) is 35.4 Å². The Morgan fingerprint density at radius 2 is 2.18 bits per heavy atom. The van der Waals surface area contributed by atoms with Gasteiger partial charge in [0, 0.05) is 19.2 Å². The van der Waals surface area contributed by atoms with E-state index in [0.29, 0.717) is 12.1 Å². The van der Waals surface area contributed by atoms with E-state index in [-0.39, 0.29) is 17.2 Å². The molecule has 0 atom stereocenters. The van der Waals surface area contributed by atoms with Gasteiger partial charge in [-0.1, -0.05) is 24.3 Å². The molecule has 0 aliphatic rings. The van der Waals surface area contributed by atoms with E-state index in [1.807, 2.05) is 0 Å². The number of nitrogen functional groups attached to an aromatic ring is 1. The van der Waals surface area contributed by atoms with Gasteiger partial charge in [-0.25, -0.2) is 4.79 Å². The van der Waals surface area contributed by atoms with Crippen molar-refractivity contribution in [1.82, 2.24) is 5.32 Å². The fraction of sp³-hybridized carbons (Fsp3) is 0.167. The van der Waals surface area contributed by atoms with Gasteiger partial charge >= 0.3 is 5.97 Å².